The van der Waals surface area contributed by atoms with Gasteiger partial charge >= 0.3 is 0 Å². The molecule has 3 aromatic carbocycles. The molecule has 1 spiro atoms. The van der Waals surface area contributed by atoms with Crippen molar-refractivity contribution in [2.45, 2.75) is 25.2 Å². The third-order valence-electron chi connectivity index (χ3n) is 8.33. The molecule has 182 valence electrons. The summed E-state index contributed by atoms with van der Waals surface area (Å²) < 4.78 is 0. The highest BCUT2D eigenvalue weighted by Crippen LogP contribution is 2.59. The van der Waals surface area contributed by atoms with Gasteiger partial charge in [0.25, 0.3) is 0 Å². The van der Waals surface area contributed by atoms with Crippen LogP contribution in [0.15, 0.2) is 156 Å². The van der Waals surface area contributed by atoms with Gasteiger partial charge in [-0.3, -0.25) is 0 Å². The maximum absolute atomic E-state index is 2.47. The quantitative estimate of drug-likeness (QED) is 0.338. The summed E-state index contributed by atoms with van der Waals surface area (Å²) in [6, 6.07) is 24.9. The van der Waals surface area contributed by atoms with E-state index in [1.54, 1.807) is 0 Å². The molecule has 0 aromatic heterocycles. The van der Waals surface area contributed by atoms with E-state index in [0.717, 1.165) is 12.8 Å². The Morgan fingerprint density at radius 1 is 0.605 bits per heavy atom. The Hall–Kier alpha value is -4.42. The van der Waals surface area contributed by atoms with Gasteiger partial charge in [-0.15, -0.1) is 0 Å². The van der Waals surface area contributed by atoms with Gasteiger partial charge < -0.3 is 0 Å². The van der Waals surface area contributed by atoms with Crippen LogP contribution in [0.2, 0.25) is 0 Å². The van der Waals surface area contributed by atoms with Crippen LogP contribution in [-0.2, 0) is 5.41 Å². The summed E-state index contributed by atoms with van der Waals surface area (Å²) in [5.41, 5.74) is 14.4. The number of aryl methyl sites for hydroxylation is 1. The maximum Gasteiger partial charge on any atom is 0.0676 e. The van der Waals surface area contributed by atoms with Crippen molar-refractivity contribution in [2.75, 3.05) is 0 Å². The molecule has 0 aliphatic heterocycles. The van der Waals surface area contributed by atoms with Crippen LogP contribution in [-0.4, -0.2) is 0 Å². The fraction of sp³-hybridized carbons (Fsp3) is 0.105. The zero-order chi connectivity index (χ0) is 25.5. The van der Waals surface area contributed by atoms with Crippen molar-refractivity contribution >= 4 is 5.57 Å². The normalized spacial score (nSPS) is 27.0. The molecular formula is C38H30. The summed E-state index contributed by atoms with van der Waals surface area (Å²) in [5.74, 6) is 0. The van der Waals surface area contributed by atoms with E-state index in [4.69, 9.17) is 0 Å². The number of rotatable bonds is 2. The second kappa shape index (κ2) is 9.15. The van der Waals surface area contributed by atoms with Gasteiger partial charge in [0.1, 0.15) is 0 Å². The molecule has 0 atom stereocenters. The van der Waals surface area contributed by atoms with E-state index < -0.39 is 0 Å². The summed E-state index contributed by atoms with van der Waals surface area (Å²) >= 11 is 0. The maximum atomic E-state index is 2.47. The van der Waals surface area contributed by atoms with Crippen LogP contribution < -0.4 is 0 Å². The highest BCUT2D eigenvalue weighted by Gasteiger charge is 2.48. The van der Waals surface area contributed by atoms with Crippen LogP contribution in [0.1, 0.15) is 29.5 Å². The second-order valence-electron chi connectivity index (χ2n) is 10.5. The highest BCUT2D eigenvalue weighted by molar-refractivity contribution is 5.93. The molecule has 4 aliphatic rings. The topological polar surface area (TPSA) is 0 Å². The summed E-state index contributed by atoms with van der Waals surface area (Å²) in [5, 5.41) is 0. The van der Waals surface area contributed by atoms with Crippen LogP contribution in [0.5, 0.6) is 0 Å². The predicted octanol–water partition coefficient (Wildman–Crippen LogP) is 9.79. The Morgan fingerprint density at radius 2 is 1.26 bits per heavy atom. The first kappa shape index (κ1) is 22.8. The Balaban J connectivity index is 1.46. The molecule has 2 bridgehead atoms. The summed E-state index contributed by atoms with van der Waals surface area (Å²) in [6.45, 7) is 2.14. The van der Waals surface area contributed by atoms with Gasteiger partial charge in [-0.1, -0.05) is 133 Å². The SMILES string of the molecule is Cc1ccc(-c2cccc(-c3ccc4c(c3)C3(C5=C4C=CCC5)C4=C\C=C/C=C\C3=C\C=C/C=C\4)c2)cc1. The summed E-state index contributed by atoms with van der Waals surface area (Å²) in [4.78, 5) is 0. The lowest BCUT2D eigenvalue weighted by Crippen LogP contribution is -2.31. The zero-order valence-electron chi connectivity index (χ0n) is 21.7. The van der Waals surface area contributed by atoms with Crippen molar-refractivity contribution in [3.63, 3.8) is 0 Å². The lowest BCUT2D eigenvalue weighted by atomic mass is 9.63. The van der Waals surface area contributed by atoms with Crippen LogP contribution in [0.25, 0.3) is 27.8 Å². The molecule has 4 aliphatic carbocycles. The first-order valence-corrected chi connectivity index (χ1v) is 13.6. The number of benzene rings is 3. The monoisotopic (exact) mass is 486 g/mol. The Morgan fingerprint density at radius 3 is 2.00 bits per heavy atom. The minimum atomic E-state index is -0.289. The lowest BCUT2D eigenvalue weighted by molar-refractivity contribution is 0.693. The third kappa shape index (κ3) is 3.52. The molecule has 0 fully saturated rings. The van der Waals surface area contributed by atoms with Crippen molar-refractivity contribution < 1.29 is 0 Å². The van der Waals surface area contributed by atoms with Gasteiger partial charge in [0.15, 0.2) is 0 Å². The molecule has 38 heavy (non-hydrogen) atoms. The van der Waals surface area contributed by atoms with Crippen LogP contribution in [0, 0.1) is 6.92 Å². The standard InChI is InChI=1S/C38H30/c1-27-19-21-28(22-20-27)29-11-10-12-30(25-29)31-23-24-35-34-17-8-9-18-36(34)38(37(35)26-31)32-13-4-2-5-14-33(38)16-7-3-6-15-32/h2-8,10-17,19-26H,9,18H2,1H3/b4-2-,5-2?,6-3?,7-3-,13-4?,14-5-,15-6-,16-7?,32-13-,32-15?,33-14?,33-16-. The molecule has 0 saturated carbocycles. The lowest BCUT2D eigenvalue weighted by Gasteiger charge is -2.38. The summed E-state index contributed by atoms with van der Waals surface area (Å²) in [7, 11) is 0. The zero-order valence-corrected chi connectivity index (χ0v) is 21.7. The highest BCUT2D eigenvalue weighted by atomic mass is 14.5. The van der Waals surface area contributed by atoms with Gasteiger partial charge in [-0.05, 0) is 87.6 Å². The average Bonchev–Trinajstić information content (AvgIpc) is 3.23. The number of allylic oxidation sites excluding steroid dienone is 16. The molecule has 0 heteroatoms. The van der Waals surface area contributed by atoms with Gasteiger partial charge in [-0.2, -0.15) is 0 Å². The number of hydrogen-bond donors (Lipinski definition) is 0. The van der Waals surface area contributed by atoms with E-state index in [1.807, 2.05) is 0 Å². The van der Waals surface area contributed by atoms with E-state index >= 15 is 0 Å². The van der Waals surface area contributed by atoms with Crippen molar-refractivity contribution in [1.29, 1.82) is 0 Å². The molecular weight excluding hydrogens is 456 g/mol. The Kier molecular flexibility index (Phi) is 5.48. The Labute approximate surface area is 225 Å². The van der Waals surface area contributed by atoms with E-state index in [0.29, 0.717) is 0 Å². The van der Waals surface area contributed by atoms with Crippen molar-refractivity contribution in [3.05, 3.63) is 173 Å². The summed E-state index contributed by atoms with van der Waals surface area (Å²) in [6.07, 6.45) is 29.1. The minimum Gasteiger partial charge on any atom is -0.0836 e. The molecule has 0 unspecified atom stereocenters. The van der Waals surface area contributed by atoms with Crippen molar-refractivity contribution in [3.8, 4) is 22.3 Å². The van der Waals surface area contributed by atoms with Gasteiger partial charge in [0.2, 0.25) is 0 Å². The fourth-order valence-electron chi connectivity index (χ4n) is 6.56. The molecule has 0 nitrogen and oxygen atoms in total. The molecule has 7 rings (SSSR count). The van der Waals surface area contributed by atoms with Crippen LogP contribution >= 0.6 is 0 Å². The van der Waals surface area contributed by atoms with E-state index in [9.17, 15) is 0 Å². The first-order chi connectivity index (χ1) is 18.7. The average molecular weight is 487 g/mol. The van der Waals surface area contributed by atoms with E-state index in [-0.39, 0.29) is 5.41 Å². The van der Waals surface area contributed by atoms with Gasteiger partial charge in [0, 0.05) is 0 Å². The van der Waals surface area contributed by atoms with Crippen LogP contribution in [0.3, 0.4) is 0 Å². The largest absolute Gasteiger partial charge is 0.0836 e. The van der Waals surface area contributed by atoms with Gasteiger partial charge in [0.05, 0.1) is 5.41 Å². The molecule has 0 amide bonds. The minimum absolute atomic E-state index is 0.289. The first-order valence-electron chi connectivity index (χ1n) is 13.6. The van der Waals surface area contributed by atoms with Crippen LogP contribution in [0.4, 0.5) is 0 Å². The molecule has 0 radical (unpaired) electrons. The van der Waals surface area contributed by atoms with Crippen molar-refractivity contribution in [1.82, 2.24) is 0 Å². The molecule has 0 saturated heterocycles. The Bertz CT molecular complexity index is 1650. The molecule has 0 N–H and O–H groups in total. The van der Waals surface area contributed by atoms with E-state index in [1.165, 1.54) is 61.2 Å². The smallest absolute Gasteiger partial charge is 0.0676 e. The number of fused-ring (bicyclic) bond motifs is 2. The fourth-order valence-corrected chi connectivity index (χ4v) is 6.56. The van der Waals surface area contributed by atoms with Crippen molar-refractivity contribution in [2.24, 2.45) is 0 Å². The molecule has 3 aromatic rings. The molecule has 0 heterocycles. The predicted molar refractivity (Wildman–Crippen MR) is 162 cm³/mol. The number of hydrogen-bond acceptors (Lipinski definition) is 0. The second-order valence-corrected chi connectivity index (χ2v) is 10.5. The third-order valence-corrected chi connectivity index (χ3v) is 8.33. The van der Waals surface area contributed by atoms with E-state index in [2.05, 4.69) is 147 Å². The van der Waals surface area contributed by atoms with Gasteiger partial charge in [-0.25, -0.2) is 0 Å².